The fourth-order valence-corrected chi connectivity index (χ4v) is 1.63. The minimum Gasteiger partial charge on any atom is -0.287 e. The fraction of sp³-hybridized carbons (Fsp3) is 0.182. The van der Waals surface area contributed by atoms with E-state index < -0.39 is 0 Å². The molecule has 1 aromatic carbocycles. The van der Waals surface area contributed by atoms with Gasteiger partial charge in [-0.25, -0.2) is 0 Å². The number of amides is 1. The van der Waals surface area contributed by atoms with E-state index in [9.17, 15) is 4.79 Å². The summed E-state index contributed by atoms with van der Waals surface area (Å²) in [5.41, 5.74) is 0.859. The lowest BCUT2D eigenvalue weighted by molar-refractivity contribution is -0.116. The predicted molar refractivity (Wildman–Crippen MR) is 62.1 cm³/mol. The van der Waals surface area contributed by atoms with Gasteiger partial charge in [0.2, 0.25) is 5.91 Å². The van der Waals surface area contributed by atoms with E-state index in [-0.39, 0.29) is 5.91 Å². The Morgan fingerprint density at radius 3 is 2.57 bits per heavy atom. The molecule has 0 spiro atoms. The van der Waals surface area contributed by atoms with Crippen LogP contribution in [0.3, 0.4) is 0 Å². The molecule has 0 radical (unpaired) electrons. The minimum absolute atomic E-state index is 0.00463. The zero-order chi connectivity index (χ0) is 10.6. The maximum Gasteiger partial charge on any atom is 0.227 e. The number of allylic oxidation sites excluding steroid dienone is 1. The van der Waals surface area contributed by atoms with Gasteiger partial charge in [-0.2, -0.15) is 0 Å². The van der Waals surface area contributed by atoms with Crippen molar-refractivity contribution in [1.82, 2.24) is 0 Å². The van der Waals surface area contributed by atoms with Crippen LogP contribution in [-0.4, -0.2) is 5.91 Å². The van der Waals surface area contributed by atoms with E-state index in [1.54, 1.807) is 18.0 Å². The number of anilines is 1. The summed E-state index contributed by atoms with van der Waals surface area (Å²) in [5.74, 6) is -0.00463. The standard InChI is InChI=1S/C11H12BrNO/c1-3-8-13(9(2)14)11-7-5-4-6-10(11)12/h3-8H,1-2H3/b8-3+. The highest BCUT2D eigenvalue weighted by Gasteiger charge is 2.09. The Hall–Kier alpha value is -1.09. The van der Waals surface area contributed by atoms with Crippen LogP contribution >= 0.6 is 15.9 Å². The van der Waals surface area contributed by atoms with Gasteiger partial charge in [-0.1, -0.05) is 18.2 Å². The lowest BCUT2D eigenvalue weighted by Crippen LogP contribution is -2.21. The molecule has 0 aliphatic carbocycles. The van der Waals surface area contributed by atoms with Crippen molar-refractivity contribution in [2.45, 2.75) is 13.8 Å². The van der Waals surface area contributed by atoms with Gasteiger partial charge in [0.1, 0.15) is 0 Å². The van der Waals surface area contributed by atoms with Crippen LogP contribution in [0.2, 0.25) is 0 Å². The van der Waals surface area contributed by atoms with E-state index in [1.165, 1.54) is 0 Å². The van der Waals surface area contributed by atoms with Crippen molar-refractivity contribution in [3.63, 3.8) is 0 Å². The van der Waals surface area contributed by atoms with Gasteiger partial charge in [-0.05, 0) is 35.0 Å². The summed E-state index contributed by atoms with van der Waals surface area (Å²) in [5, 5.41) is 0. The van der Waals surface area contributed by atoms with Crippen molar-refractivity contribution in [2.24, 2.45) is 0 Å². The quantitative estimate of drug-likeness (QED) is 0.792. The van der Waals surface area contributed by atoms with Crippen LogP contribution < -0.4 is 4.90 Å². The van der Waals surface area contributed by atoms with Crippen molar-refractivity contribution in [3.05, 3.63) is 41.0 Å². The van der Waals surface area contributed by atoms with Crippen molar-refractivity contribution in [1.29, 1.82) is 0 Å². The molecule has 0 saturated heterocycles. The monoisotopic (exact) mass is 253 g/mol. The third kappa shape index (κ3) is 2.45. The second-order valence-corrected chi connectivity index (χ2v) is 3.68. The Morgan fingerprint density at radius 1 is 1.43 bits per heavy atom. The number of hydrogen-bond donors (Lipinski definition) is 0. The molecule has 74 valence electrons. The molecule has 0 aliphatic rings. The molecule has 0 fully saturated rings. The van der Waals surface area contributed by atoms with Crippen LogP contribution in [0.1, 0.15) is 13.8 Å². The van der Waals surface area contributed by atoms with E-state index in [4.69, 9.17) is 0 Å². The first-order valence-electron chi connectivity index (χ1n) is 4.34. The van der Waals surface area contributed by atoms with Crippen molar-refractivity contribution >= 4 is 27.5 Å². The molecule has 0 heterocycles. The Morgan fingerprint density at radius 2 is 2.07 bits per heavy atom. The summed E-state index contributed by atoms with van der Waals surface area (Å²) in [4.78, 5) is 12.9. The molecule has 0 aromatic heterocycles. The summed E-state index contributed by atoms with van der Waals surface area (Å²) in [6.07, 6.45) is 3.59. The number of para-hydroxylation sites is 1. The minimum atomic E-state index is -0.00463. The number of benzene rings is 1. The van der Waals surface area contributed by atoms with Crippen LogP contribution in [0.15, 0.2) is 41.0 Å². The van der Waals surface area contributed by atoms with Crippen LogP contribution in [0.5, 0.6) is 0 Å². The van der Waals surface area contributed by atoms with E-state index in [0.717, 1.165) is 10.2 Å². The van der Waals surface area contributed by atoms with Gasteiger partial charge in [0, 0.05) is 17.6 Å². The summed E-state index contributed by atoms with van der Waals surface area (Å²) in [6, 6.07) is 7.63. The van der Waals surface area contributed by atoms with Crippen LogP contribution in [0.4, 0.5) is 5.69 Å². The van der Waals surface area contributed by atoms with E-state index in [2.05, 4.69) is 15.9 Å². The van der Waals surface area contributed by atoms with E-state index in [0.29, 0.717) is 0 Å². The SMILES string of the molecule is C/C=C/N(C(C)=O)c1ccccc1Br. The maximum absolute atomic E-state index is 11.3. The first kappa shape index (κ1) is 11.0. The summed E-state index contributed by atoms with van der Waals surface area (Å²) in [6.45, 7) is 3.42. The molecule has 0 N–H and O–H groups in total. The molecule has 0 bridgehead atoms. The van der Waals surface area contributed by atoms with Crippen molar-refractivity contribution in [3.8, 4) is 0 Å². The normalized spacial score (nSPS) is 10.5. The van der Waals surface area contributed by atoms with Gasteiger partial charge < -0.3 is 0 Å². The molecule has 0 aliphatic heterocycles. The van der Waals surface area contributed by atoms with Crippen LogP contribution in [-0.2, 0) is 4.79 Å². The van der Waals surface area contributed by atoms with E-state index >= 15 is 0 Å². The first-order chi connectivity index (χ1) is 6.66. The molecule has 0 unspecified atom stereocenters. The lowest BCUT2D eigenvalue weighted by atomic mass is 10.3. The van der Waals surface area contributed by atoms with Gasteiger partial charge in [0.05, 0.1) is 5.69 Å². The first-order valence-corrected chi connectivity index (χ1v) is 5.13. The maximum atomic E-state index is 11.3. The second kappa shape index (κ2) is 4.96. The average molecular weight is 254 g/mol. The number of rotatable bonds is 2. The topological polar surface area (TPSA) is 20.3 Å². The Labute approximate surface area is 92.4 Å². The smallest absolute Gasteiger partial charge is 0.227 e. The summed E-state index contributed by atoms with van der Waals surface area (Å²) >= 11 is 3.41. The molecular weight excluding hydrogens is 242 g/mol. The predicted octanol–water partition coefficient (Wildman–Crippen LogP) is 3.34. The molecule has 2 nitrogen and oxygen atoms in total. The molecule has 0 atom stereocenters. The largest absolute Gasteiger partial charge is 0.287 e. The molecule has 0 saturated carbocycles. The third-order valence-corrected chi connectivity index (χ3v) is 2.42. The number of carbonyl (C=O) groups is 1. The zero-order valence-corrected chi connectivity index (χ0v) is 9.78. The highest BCUT2D eigenvalue weighted by molar-refractivity contribution is 9.10. The molecule has 3 heteroatoms. The van der Waals surface area contributed by atoms with Gasteiger partial charge in [-0.3, -0.25) is 9.69 Å². The average Bonchev–Trinajstić information content (AvgIpc) is 2.15. The van der Waals surface area contributed by atoms with Crippen LogP contribution in [0.25, 0.3) is 0 Å². The van der Waals surface area contributed by atoms with Gasteiger partial charge in [0.25, 0.3) is 0 Å². The van der Waals surface area contributed by atoms with Crippen molar-refractivity contribution in [2.75, 3.05) is 4.90 Å². The Kier molecular flexibility index (Phi) is 3.89. The molecule has 1 amide bonds. The number of halogens is 1. The fourth-order valence-electron chi connectivity index (χ4n) is 1.15. The number of carbonyl (C=O) groups excluding carboxylic acids is 1. The lowest BCUT2D eigenvalue weighted by Gasteiger charge is -2.17. The summed E-state index contributed by atoms with van der Waals surface area (Å²) in [7, 11) is 0. The Balaban J connectivity index is 3.11. The highest BCUT2D eigenvalue weighted by Crippen LogP contribution is 2.25. The Bertz CT molecular complexity index is 360. The van der Waals surface area contributed by atoms with Gasteiger partial charge in [0.15, 0.2) is 0 Å². The highest BCUT2D eigenvalue weighted by atomic mass is 79.9. The molecule has 1 aromatic rings. The van der Waals surface area contributed by atoms with Gasteiger partial charge >= 0.3 is 0 Å². The van der Waals surface area contributed by atoms with Crippen LogP contribution in [0, 0.1) is 0 Å². The van der Waals surface area contributed by atoms with Crippen molar-refractivity contribution < 1.29 is 4.79 Å². The second-order valence-electron chi connectivity index (χ2n) is 2.82. The molecular formula is C11H12BrNO. The zero-order valence-electron chi connectivity index (χ0n) is 8.20. The molecule has 14 heavy (non-hydrogen) atoms. The number of nitrogens with zero attached hydrogens (tertiary/aromatic N) is 1. The van der Waals surface area contributed by atoms with Gasteiger partial charge in [-0.15, -0.1) is 0 Å². The summed E-state index contributed by atoms with van der Waals surface area (Å²) < 4.78 is 0.910. The number of hydrogen-bond acceptors (Lipinski definition) is 1. The van der Waals surface area contributed by atoms with E-state index in [1.807, 2.05) is 37.3 Å². The third-order valence-electron chi connectivity index (χ3n) is 1.75. The molecule has 1 rings (SSSR count).